The third kappa shape index (κ3) is 1.35. The van der Waals surface area contributed by atoms with Gasteiger partial charge >= 0.3 is 0 Å². The first kappa shape index (κ1) is 7.26. The molecule has 0 amide bonds. The normalized spacial score (nSPS) is 24.0. The summed E-state index contributed by atoms with van der Waals surface area (Å²) in [5, 5.41) is 0.603. The lowest BCUT2D eigenvalue weighted by atomic mass is 10.0. The van der Waals surface area contributed by atoms with Gasteiger partial charge in [0, 0.05) is 11.1 Å². The molecule has 0 aromatic rings. The van der Waals surface area contributed by atoms with Crippen LogP contribution in [0.1, 0.15) is 6.92 Å². The summed E-state index contributed by atoms with van der Waals surface area (Å²) in [7, 11) is 0. The van der Waals surface area contributed by atoms with Gasteiger partial charge in [0.05, 0.1) is 5.92 Å². The van der Waals surface area contributed by atoms with Gasteiger partial charge in [-0.05, 0) is 13.0 Å². The van der Waals surface area contributed by atoms with E-state index in [-0.39, 0.29) is 5.92 Å². The smallest absolute Gasteiger partial charge is 0.300 e. The van der Waals surface area contributed by atoms with Crippen LogP contribution in [0.15, 0.2) is 23.3 Å². The standard InChI is InChI=1S/C7H7ClN2/c1-5-2-3-6(8)4-7(5)10-9/h2-5H,1H3. The van der Waals surface area contributed by atoms with Gasteiger partial charge in [-0.2, -0.15) is 4.79 Å². The fraction of sp³-hybridized carbons (Fsp3) is 0.286. The topological polar surface area (TPSA) is 36.4 Å². The molecule has 1 aliphatic carbocycles. The molecule has 52 valence electrons. The maximum Gasteiger partial charge on any atom is 0.300 e. The summed E-state index contributed by atoms with van der Waals surface area (Å²) >= 11 is 5.64. The minimum Gasteiger partial charge on any atom is -0.361 e. The molecule has 0 fully saturated rings. The van der Waals surface area contributed by atoms with Crippen molar-refractivity contribution in [2.24, 2.45) is 5.92 Å². The molecule has 0 bridgehead atoms. The molecule has 1 aliphatic rings. The van der Waals surface area contributed by atoms with Crippen molar-refractivity contribution in [2.75, 3.05) is 0 Å². The summed E-state index contributed by atoms with van der Waals surface area (Å²) in [5.74, 6) is 0.160. The summed E-state index contributed by atoms with van der Waals surface area (Å²) in [5.41, 5.74) is 9.03. The summed E-state index contributed by atoms with van der Waals surface area (Å²) in [6, 6.07) is 0. The Balaban J connectivity index is 2.98. The van der Waals surface area contributed by atoms with E-state index >= 15 is 0 Å². The van der Waals surface area contributed by atoms with Crippen LogP contribution >= 0.6 is 11.6 Å². The molecule has 3 heteroatoms. The molecule has 0 aromatic heterocycles. The van der Waals surface area contributed by atoms with Crippen LogP contribution in [0, 0.1) is 5.92 Å². The number of nitrogens with zero attached hydrogens (tertiary/aromatic N) is 2. The van der Waals surface area contributed by atoms with E-state index in [0.29, 0.717) is 10.7 Å². The highest BCUT2D eigenvalue weighted by Crippen LogP contribution is 2.14. The van der Waals surface area contributed by atoms with Gasteiger partial charge in [-0.25, -0.2) is 0 Å². The van der Waals surface area contributed by atoms with E-state index in [4.69, 9.17) is 17.1 Å². The molecule has 2 nitrogen and oxygen atoms in total. The zero-order chi connectivity index (χ0) is 7.56. The number of allylic oxidation sites excluding steroid dienone is 4. The second kappa shape index (κ2) is 2.82. The Labute approximate surface area is 64.4 Å². The highest BCUT2D eigenvalue weighted by atomic mass is 35.5. The van der Waals surface area contributed by atoms with Crippen LogP contribution in [0.5, 0.6) is 0 Å². The molecule has 0 N–H and O–H groups in total. The Morgan fingerprint density at radius 1 is 1.70 bits per heavy atom. The predicted molar refractivity (Wildman–Crippen MR) is 40.9 cm³/mol. The molecule has 1 atom stereocenters. The van der Waals surface area contributed by atoms with Gasteiger partial charge in [0.2, 0.25) is 0 Å². The quantitative estimate of drug-likeness (QED) is 0.378. The predicted octanol–water partition coefficient (Wildman–Crippen LogP) is 1.99. The van der Waals surface area contributed by atoms with Crippen LogP contribution in [0.25, 0.3) is 5.53 Å². The van der Waals surface area contributed by atoms with E-state index in [1.807, 2.05) is 13.0 Å². The molecule has 0 spiro atoms. The van der Waals surface area contributed by atoms with Crippen LogP contribution in [0.2, 0.25) is 0 Å². The van der Waals surface area contributed by atoms with E-state index in [2.05, 4.69) is 4.79 Å². The monoisotopic (exact) mass is 154 g/mol. The van der Waals surface area contributed by atoms with Gasteiger partial charge in [-0.3, -0.25) is 0 Å². The Morgan fingerprint density at radius 2 is 2.40 bits per heavy atom. The Kier molecular flexibility index (Phi) is 2.05. The molecule has 0 heterocycles. The van der Waals surface area contributed by atoms with Gasteiger partial charge in [-0.15, -0.1) is 0 Å². The maximum absolute atomic E-state index is 8.43. The van der Waals surface area contributed by atoms with Crippen molar-refractivity contribution < 1.29 is 4.79 Å². The molecule has 0 radical (unpaired) electrons. The third-order valence-corrected chi connectivity index (χ3v) is 1.65. The van der Waals surface area contributed by atoms with Crippen molar-refractivity contribution in [1.29, 1.82) is 0 Å². The van der Waals surface area contributed by atoms with E-state index < -0.39 is 0 Å². The van der Waals surface area contributed by atoms with Crippen molar-refractivity contribution in [3.8, 4) is 0 Å². The number of rotatable bonds is 0. The maximum atomic E-state index is 8.43. The van der Waals surface area contributed by atoms with Crippen molar-refractivity contribution in [2.45, 2.75) is 6.92 Å². The minimum atomic E-state index is 0.160. The Morgan fingerprint density at radius 3 is 2.90 bits per heavy atom. The van der Waals surface area contributed by atoms with Gasteiger partial charge in [-0.1, -0.05) is 17.7 Å². The number of hydrogen-bond acceptors (Lipinski definition) is 0. The highest BCUT2D eigenvalue weighted by molar-refractivity contribution is 6.33. The van der Waals surface area contributed by atoms with E-state index in [0.717, 1.165) is 0 Å². The minimum absolute atomic E-state index is 0.160. The summed E-state index contributed by atoms with van der Waals surface area (Å²) in [6.45, 7) is 1.94. The molecule has 0 aliphatic heterocycles. The van der Waals surface area contributed by atoms with Crippen LogP contribution in [-0.2, 0) is 0 Å². The van der Waals surface area contributed by atoms with Crippen molar-refractivity contribution in [1.82, 2.24) is 0 Å². The van der Waals surface area contributed by atoms with Crippen LogP contribution in [0.4, 0.5) is 0 Å². The first-order valence-electron chi connectivity index (χ1n) is 3.01. The highest BCUT2D eigenvalue weighted by Gasteiger charge is 2.16. The lowest BCUT2D eigenvalue weighted by molar-refractivity contribution is -0.00861. The number of hydrogen-bond donors (Lipinski definition) is 0. The van der Waals surface area contributed by atoms with Crippen molar-refractivity contribution >= 4 is 17.3 Å². The van der Waals surface area contributed by atoms with Gasteiger partial charge < -0.3 is 5.53 Å². The Hall–Kier alpha value is -0.850. The number of halogens is 1. The van der Waals surface area contributed by atoms with E-state index in [9.17, 15) is 0 Å². The second-order valence-electron chi connectivity index (χ2n) is 2.20. The zero-order valence-electron chi connectivity index (χ0n) is 5.58. The average Bonchev–Trinajstić information content (AvgIpc) is 1.94. The van der Waals surface area contributed by atoms with Crippen LogP contribution in [-0.4, -0.2) is 10.5 Å². The molecule has 0 saturated carbocycles. The first-order valence-corrected chi connectivity index (χ1v) is 3.39. The van der Waals surface area contributed by atoms with Gasteiger partial charge in [0.1, 0.15) is 0 Å². The average molecular weight is 155 g/mol. The van der Waals surface area contributed by atoms with E-state index in [1.54, 1.807) is 12.2 Å². The van der Waals surface area contributed by atoms with E-state index in [1.165, 1.54) is 0 Å². The first-order chi connectivity index (χ1) is 4.74. The van der Waals surface area contributed by atoms with Gasteiger partial charge in [0.25, 0.3) is 5.71 Å². The zero-order valence-corrected chi connectivity index (χ0v) is 6.34. The molecule has 10 heavy (non-hydrogen) atoms. The van der Waals surface area contributed by atoms with Crippen LogP contribution in [0.3, 0.4) is 0 Å². The fourth-order valence-corrected chi connectivity index (χ4v) is 0.960. The molecule has 0 aromatic carbocycles. The van der Waals surface area contributed by atoms with Crippen molar-refractivity contribution in [3.05, 3.63) is 28.8 Å². The van der Waals surface area contributed by atoms with Crippen molar-refractivity contribution in [3.63, 3.8) is 0 Å². The SMILES string of the molecule is CC1C=CC(Cl)=CC1=[N+]=[N-]. The lowest BCUT2D eigenvalue weighted by Gasteiger charge is -2.01. The molecule has 0 saturated heterocycles. The molecule has 1 rings (SSSR count). The van der Waals surface area contributed by atoms with Gasteiger partial charge in [0.15, 0.2) is 0 Å². The largest absolute Gasteiger partial charge is 0.361 e. The summed E-state index contributed by atoms with van der Waals surface area (Å²) in [6.07, 6.45) is 5.32. The lowest BCUT2D eigenvalue weighted by Crippen LogP contribution is -2.09. The summed E-state index contributed by atoms with van der Waals surface area (Å²) < 4.78 is 0. The second-order valence-corrected chi connectivity index (χ2v) is 2.64. The molecular weight excluding hydrogens is 148 g/mol. The molecule has 1 unspecified atom stereocenters. The Bertz CT molecular complexity index is 246. The third-order valence-electron chi connectivity index (χ3n) is 1.41. The molecular formula is C7H7ClN2. The van der Waals surface area contributed by atoms with Crippen LogP contribution < -0.4 is 0 Å². The fourth-order valence-electron chi connectivity index (χ4n) is 0.776. The summed E-state index contributed by atoms with van der Waals surface area (Å²) in [4.78, 5) is 3.08.